The number of nitro groups is 4. The van der Waals surface area contributed by atoms with Crippen molar-refractivity contribution in [2.75, 3.05) is 6.61 Å². The molecule has 220 valence electrons. The predicted octanol–water partition coefficient (Wildman–Crippen LogP) is 4.68. The van der Waals surface area contributed by atoms with E-state index >= 15 is 0 Å². The maximum Gasteiger partial charge on any atom is 0.472 e. The molecule has 0 aliphatic heterocycles. The monoisotopic (exact) mass is 610 g/mol. The number of nitrogens with zero attached hydrogens (tertiary/aromatic N) is 4. The van der Waals surface area contributed by atoms with E-state index in [9.17, 15) is 76.3 Å². The van der Waals surface area contributed by atoms with Gasteiger partial charge in [0.15, 0.2) is 0 Å². The summed E-state index contributed by atoms with van der Waals surface area (Å²) in [6, 6.07) is -0.255. The molecule has 0 bridgehead atoms. The van der Waals surface area contributed by atoms with E-state index in [0.29, 0.717) is 6.92 Å². The Balaban J connectivity index is 2.44. The molecule has 40 heavy (non-hydrogen) atoms. The lowest BCUT2D eigenvalue weighted by atomic mass is 9.82. The molecule has 1 aromatic rings. The highest BCUT2D eigenvalue weighted by Gasteiger charge is 2.52. The number of allylic oxidation sites excluding steroid dienone is 2. The first kappa shape index (κ1) is 32.2. The number of nitro benzene ring substituents is 2. The molecule has 1 N–H and O–H groups in total. The predicted molar refractivity (Wildman–Crippen MR) is 113 cm³/mol. The normalized spacial score (nSPS) is 19.6. The number of hydrogen-bond acceptors (Lipinski definition) is 11. The molecule has 0 amide bonds. The van der Waals surface area contributed by atoms with Crippen LogP contribution in [0.25, 0.3) is 0 Å². The highest BCUT2D eigenvalue weighted by atomic mass is 31.2. The van der Waals surface area contributed by atoms with Gasteiger partial charge in [0.1, 0.15) is 11.1 Å². The second-order valence-electron chi connectivity index (χ2n) is 7.81. The van der Waals surface area contributed by atoms with Crippen LogP contribution in [0.4, 0.5) is 37.7 Å². The SMILES string of the molecule is CC1C([N+](=O)[O-])=C(COP(=O)(O)OCc2c([N+](=O)[O-])cc(C(F)(F)F)cc2[N+](=O)[O-])C([N+](=O)[O-])=CC1C(F)(F)F. The summed E-state index contributed by atoms with van der Waals surface area (Å²) in [5.41, 5.74) is -10.2. The molecule has 1 aliphatic carbocycles. The van der Waals surface area contributed by atoms with Crippen molar-refractivity contribution >= 4 is 19.2 Å². The number of halogens is 6. The summed E-state index contributed by atoms with van der Waals surface area (Å²) in [6.07, 6.45) is -10.4. The first-order chi connectivity index (χ1) is 18.1. The zero-order valence-corrected chi connectivity index (χ0v) is 20.1. The lowest BCUT2D eigenvalue weighted by Gasteiger charge is -2.26. The first-order valence-electron chi connectivity index (χ1n) is 10.0. The summed E-state index contributed by atoms with van der Waals surface area (Å²) < 4.78 is 99.9. The lowest BCUT2D eigenvalue weighted by Crippen LogP contribution is -2.35. The van der Waals surface area contributed by atoms with Crippen LogP contribution in [0.5, 0.6) is 0 Å². The summed E-state index contributed by atoms with van der Waals surface area (Å²) in [7, 11) is -5.65. The number of phosphoric acid groups is 1. The average Bonchev–Trinajstić information content (AvgIpc) is 2.78. The van der Waals surface area contributed by atoms with Gasteiger partial charge in [-0.15, -0.1) is 0 Å². The van der Waals surface area contributed by atoms with Crippen molar-refractivity contribution < 1.29 is 64.5 Å². The fourth-order valence-corrected chi connectivity index (χ4v) is 4.23. The third-order valence-corrected chi connectivity index (χ3v) is 6.28. The van der Waals surface area contributed by atoms with Gasteiger partial charge in [0.05, 0.1) is 50.3 Å². The van der Waals surface area contributed by atoms with E-state index in [-0.39, 0.29) is 18.2 Å². The zero-order chi connectivity index (χ0) is 31.0. The van der Waals surface area contributed by atoms with Gasteiger partial charge in [-0.1, -0.05) is 6.92 Å². The Morgan fingerprint density at radius 1 is 0.875 bits per heavy atom. The molecule has 0 saturated heterocycles. The molecule has 16 nitrogen and oxygen atoms in total. The number of hydrogen-bond donors (Lipinski definition) is 1. The van der Waals surface area contributed by atoms with Crippen LogP contribution in [0.3, 0.4) is 0 Å². The highest BCUT2D eigenvalue weighted by Crippen LogP contribution is 2.49. The average molecular weight is 610 g/mol. The summed E-state index contributed by atoms with van der Waals surface area (Å²) in [6.45, 7) is -2.52. The quantitative estimate of drug-likeness (QED) is 0.165. The van der Waals surface area contributed by atoms with Crippen LogP contribution in [0.15, 0.2) is 35.2 Å². The minimum atomic E-state index is -5.65. The van der Waals surface area contributed by atoms with Gasteiger partial charge < -0.3 is 4.89 Å². The van der Waals surface area contributed by atoms with Crippen LogP contribution in [0.2, 0.25) is 0 Å². The van der Waals surface area contributed by atoms with E-state index in [1.165, 1.54) is 0 Å². The van der Waals surface area contributed by atoms with Crippen LogP contribution in [0.1, 0.15) is 18.1 Å². The van der Waals surface area contributed by atoms with Gasteiger partial charge in [0.25, 0.3) is 22.8 Å². The molecule has 3 atom stereocenters. The third kappa shape index (κ3) is 7.14. The molecular formula is C17H13F6N4O12P. The lowest BCUT2D eigenvalue weighted by molar-refractivity contribution is -0.449. The Labute approximate surface area is 215 Å². The van der Waals surface area contributed by atoms with Crippen LogP contribution in [0, 0.1) is 52.3 Å². The zero-order valence-electron chi connectivity index (χ0n) is 19.2. The molecule has 0 heterocycles. The maximum atomic E-state index is 13.3. The van der Waals surface area contributed by atoms with E-state index in [2.05, 4.69) is 9.05 Å². The standard InChI is InChI=1S/C17H13F6N4O12P/c1-7-11(17(21,22)23)4-14(26(32)33)10(15(7)27(34)35)6-39-40(36,37)38-5-9-12(24(28)29)2-8(16(18,19)20)3-13(9)25(30)31/h2-4,7,11H,5-6H2,1H3,(H,36,37). The number of benzene rings is 1. The van der Waals surface area contributed by atoms with Gasteiger partial charge in [-0.25, -0.2) is 4.57 Å². The largest absolute Gasteiger partial charge is 0.472 e. The number of phosphoric ester groups is 1. The van der Waals surface area contributed by atoms with Gasteiger partial charge in [0, 0.05) is 18.2 Å². The molecule has 3 unspecified atom stereocenters. The van der Waals surface area contributed by atoms with E-state index in [1.54, 1.807) is 0 Å². The van der Waals surface area contributed by atoms with Crippen molar-refractivity contribution in [3.05, 3.63) is 86.8 Å². The van der Waals surface area contributed by atoms with Crippen molar-refractivity contribution in [2.45, 2.75) is 25.9 Å². The Morgan fingerprint density at radius 2 is 1.35 bits per heavy atom. The van der Waals surface area contributed by atoms with E-state index < -0.39 is 104 Å². The molecular weight excluding hydrogens is 597 g/mol. The number of rotatable bonds is 10. The molecule has 1 aromatic carbocycles. The van der Waals surface area contributed by atoms with E-state index in [4.69, 9.17) is 0 Å². The molecule has 0 saturated carbocycles. The van der Waals surface area contributed by atoms with Gasteiger partial charge in [-0.2, -0.15) is 26.3 Å². The number of alkyl halides is 6. The van der Waals surface area contributed by atoms with Crippen molar-refractivity contribution in [1.29, 1.82) is 0 Å². The van der Waals surface area contributed by atoms with Crippen molar-refractivity contribution in [3.8, 4) is 0 Å². The Kier molecular flexibility index (Phi) is 9.04. The third-order valence-electron chi connectivity index (χ3n) is 5.36. The topological polar surface area (TPSA) is 228 Å². The van der Waals surface area contributed by atoms with E-state index in [1.807, 2.05) is 0 Å². The smallest absolute Gasteiger partial charge is 0.302 e. The minimum absolute atomic E-state index is 0.0223. The molecule has 2 rings (SSSR count). The van der Waals surface area contributed by atoms with Crippen LogP contribution in [-0.4, -0.2) is 37.4 Å². The van der Waals surface area contributed by atoms with Crippen molar-refractivity contribution in [3.63, 3.8) is 0 Å². The summed E-state index contributed by atoms with van der Waals surface area (Å²) >= 11 is 0. The van der Waals surface area contributed by atoms with Crippen LogP contribution >= 0.6 is 7.82 Å². The molecule has 1 aliphatic rings. The van der Waals surface area contributed by atoms with Gasteiger partial charge >= 0.3 is 20.2 Å². The highest BCUT2D eigenvalue weighted by molar-refractivity contribution is 7.47. The van der Waals surface area contributed by atoms with Crippen molar-refractivity contribution in [1.82, 2.24) is 0 Å². The van der Waals surface area contributed by atoms with Gasteiger partial charge in [-0.05, 0) is 0 Å². The minimum Gasteiger partial charge on any atom is -0.302 e. The molecule has 0 fully saturated rings. The van der Waals surface area contributed by atoms with Gasteiger partial charge in [-0.3, -0.25) is 49.5 Å². The fraction of sp³-hybridized carbons (Fsp3) is 0.412. The molecule has 0 radical (unpaired) electrons. The molecule has 0 spiro atoms. The Morgan fingerprint density at radius 3 is 1.73 bits per heavy atom. The van der Waals surface area contributed by atoms with Gasteiger partial charge in [0.2, 0.25) is 0 Å². The second-order valence-corrected chi connectivity index (χ2v) is 9.26. The molecule has 0 aromatic heterocycles. The summed E-state index contributed by atoms with van der Waals surface area (Å²) in [5.74, 6) is -4.75. The first-order valence-corrected chi connectivity index (χ1v) is 11.5. The second kappa shape index (κ2) is 11.2. The maximum absolute atomic E-state index is 13.3. The molecule has 23 heteroatoms. The van der Waals surface area contributed by atoms with Crippen LogP contribution < -0.4 is 0 Å². The Hall–Kier alpha value is -4.01. The van der Waals surface area contributed by atoms with E-state index in [0.717, 1.165) is 0 Å². The Bertz CT molecular complexity index is 1340. The van der Waals surface area contributed by atoms with Crippen LogP contribution in [-0.2, 0) is 26.4 Å². The summed E-state index contributed by atoms with van der Waals surface area (Å²) in [4.78, 5) is 49.3. The fourth-order valence-electron chi connectivity index (χ4n) is 3.57. The van der Waals surface area contributed by atoms with Crippen molar-refractivity contribution in [2.24, 2.45) is 11.8 Å². The summed E-state index contributed by atoms with van der Waals surface area (Å²) in [5, 5.41) is 45.3.